The molecule has 0 atom stereocenters. The first-order valence-electron chi connectivity index (χ1n) is 7.43. The van der Waals surface area contributed by atoms with Crippen LogP contribution in [0.3, 0.4) is 0 Å². The number of hydrogen-bond acceptors (Lipinski definition) is 2. The molecule has 0 aliphatic heterocycles. The van der Waals surface area contributed by atoms with E-state index in [1.54, 1.807) is 0 Å². The van der Waals surface area contributed by atoms with E-state index in [9.17, 15) is 4.79 Å². The van der Waals surface area contributed by atoms with E-state index in [0.29, 0.717) is 29.3 Å². The zero-order valence-electron chi connectivity index (χ0n) is 12.7. The molecule has 0 bridgehead atoms. The Balaban J connectivity index is 2.29. The van der Waals surface area contributed by atoms with Gasteiger partial charge in [0, 0.05) is 28.4 Å². The van der Waals surface area contributed by atoms with Gasteiger partial charge in [0.1, 0.15) is 0 Å². The molecule has 3 nitrogen and oxygen atoms in total. The quantitative estimate of drug-likeness (QED) is 0.644. The highest BCUT2D eigenvalue weighted by atomic mass is 35.5. The lowest BCUT2D eigenvalue weighted by Gasteiger charge is -2.11. The van der Waals surface area contributed by atoms with Crippen LogP contribution in [0.5, 0.6) is 0 Å². The second-order valence-corrected chi connectivity index (χ2v) is 6.29. The van der Waals surface area contributed by atoms with Crippen molar-refractivity contribution < 1.29 is 0 Å². The molecule has 5 heteroatoms. The number of nitrogens with zero attached hydrogens (tertiary/aromatic N) is 2. The van der Waals surface area contributed by atoms with Crippen molar-refractivity contribution in [3.8, 4) is 11.3 Å². The third kappa shape index (κ3) is 3.26. The predicted molar refractivity (Wildman–Crippen MR) is 96.5 cm³/mol. The Morgan fingerprint density at radius 3 is 2.52 bits per heavy atom. The predicted octanol–water partition coefficient (Wildman–Crippen LogP) is 4.65. The van der Waals surface area contributed by atoms with Crippen LogP contribution in [0.4, 0.5) is 0 Å². The molecule has 118 valence electrons. The summed E-state index contributed by atoms with van der Waals surface area (Å²) in [6, 6.07) is 13.3. The van der Waals surface area contributed by atoms with E-state index in [4.69, 9.17) is 23.2 Å². The van der Waals surface area contributed by atoms with Crippen LogP contribution in [0.15, 0.2) is 47.3 Å². The van der Waals surface area contributed by atoms with E-state index in [2.05, 4.69) is 5.10 Å². The number of aromatic nitrogens is 2. The van der Waals surface area contributed by atoms with E-state index in [1.807, 2.05) is 49.4 Å². The molecule has 0 spiro atoms. The fourth-order valence-corrected chi connectivity index (χ4v) is 2.83. The first-order valence-corrected chi connectivity index (χ1v) is 8.35. The van der Waals surface area contributed by atoms with Gasteiger partial charge in [-0.25, -0.2) is 4.68 Å². The van der Waals surface area contributed by atoms with Gasteiger partial charge in [0.2, 0.25) is 0 Å². The van der Waals surface area contributed by atoms with Crippen molar-refractivity contribution >= 4 is 34.0 Å². The molecule has 0 radical (unpaired) electrons. The maximum atomic E-state index is 12.6. The van der Waals surface area contributed by atoms with Gasteiger partial charge in [0.15, 0.2) is 0 Å². The van der Waals surface area contributed by atoms with Gasteiger partial charge in [-0.2, -0.15) is 5.10 Å². The van der Waals surface area contributed by atoms with Gasteiger partial charge in [0.25, 0.3) is 5.56 Å². The van der Waals surface area contributed by atoms with Crippen LogP contribution in [-0.4, -0.2) is 15.7 Å². The van der Waals surface area contributed by atoms with Gasteiger partial charge >= 0.3 is 0 Å². The van der Waals surface area contributed by atoms with Crippen molar-refractivity contribution in [1.82, 2.24) is 9.78 Å². The Morgan fingerprint density at radius 2 is 1.83 bits per heavy atom. The number of halogens is 2. The highest BCUT2D eigenvalue weighted by Gasteiger charge is 2.12. The molecule has 3 rings (SSSR count). The van der Waals surface area contributed by atoms with E-state index < -0.39 is 0 Å². The number of alkyl halides is 1. The summed E-state index contributed by atoms with van der Waals surface area (Å²) >= 11 is 11.7. The summed E-state index contributed by atoms with van der Waals surface area (Å²) in [7, 11) is 0. The van der Waals surface area contributed by atoms with E-state index in [0.717, 1.165) is 22.2 Å². The molecule has 3 aromatic rings. The average molecular weight is 347 g/mol. The summed E-state index contributed by atoms with van der Waals surface area (Å²) in [6.07, 6.45) is 0.700. The maximum Gasteiger partial charge on any atom is 0.274 e. The molecule has 0 aliphatic carbocycles. The van der Waals surface area contributed by atoms with Crippen LogP contribution in [0.1, 0.15) is 12.0 Å². The fourth-order valence-electron chi connectivity index (χ4n) is 2.58. The molecular weight excluding hydrogens is 331 g/mol. The first kappa shape index (κ1) is 16.0. The van der Waals surface area contributed by atoms with Gasteiger partial charge in [-0.15, -0.1) is 11.6 Å². The summed E-state index contributed by atoms with van der Waals surface area (Å²) in [5, 5.41) is 6.78. The van der Waals surface area contributed by atoms with E-state index in [1.165, 1.54) is 4.68 Å². The summed E-state index contributed by atoms with van der Waals surface area (Å²) in [5.74, 6) is 0.496. The van der Waals surface area contributed by atoms with Gasteiger partial charge < -0.3 is 0 Å². The molecule has 0 aliphatic rings. The molecule has 1 heterocycles. The van der Waals surface area contributed by atoms with Crippen molar-refractivity contribution in [1.29, 1.82) is 0 Å². The van der Waals surface area contributed by atoms with Crippen LogP contribution in [-0.2, 0) is 6.54 Å². The monoisotopic (exact) mass is 346 g/mol. The Bertz CT molecular complexity index is 901. The van der Waals surface area contributed by atoms with E-state index in [-0.39, 0.29) is 5.56 Å². The smallest absolute Gasteiger partial charge is 0.267 e. The van der Waals surface area contributed by atoms with Crippen molar-refractivity contribution in [2.45, 2.75) is 19.9 Å². The number of benzene rings is 2. The molecule has 0 unspecified atom stereocenters. The van der Waals surface area contributed by atoms with Gasteiger partial charge in [-0.05, 0) is 37.6 Å². The lowest BCUT2D eigenvalue weighted by Crippen LogP contribution is -2.24. The standard InChI is InChI=1S/C18H16Cl2N2O/c1-12-3-8-15-16(11-12)17(13-4-6-14(20)7-5-13)21-22(18(15)23)10-2-9-19/h3-8,11H,2,9-10H2,1H3. The van der Waals surface area contributed by atoms with Gasteiger partial charge in [-0.1, -0.05) is 35.4 Å². The Labute approximate surface area is 144 Å². The zero-order valence-corrected chi connectivity index (χ0v) is 14.2. The molecule has 23 heavy (non-hydrogen) atoms. The number of rotatable bonds is 4. The molecule has 0 saturated carbocycles. The minimum atomic E-state index is -0.0807. The summed E-state index contributed by atoms with van der Waals surface area (Å²) in [5.41, 5.74) is 2.73. The SMILES string of the molecule is Cc1ccc2c(=O)n(CCCCl)nc(-c3ccc(Cl)cc3)c2c1. The van der Waals surface area contributed by atoms with Gasteiger partial charge in [-0.3, -0.25) is 4.79 Å². The summed E-state index contributed by atoms with van der Waals surface area (Å²) in [4.78, 5) is 12.6. The zero-order chi connectivity index (χ0) is 16.4. The van der Waals surface area contributed by atoms with Crippen LogP contribution in [0, 0.1) is 6.92 Å². The Kier molecular flexibility index (Phi) is 4.69. The molecule has 0 amide bonds. The summed E-state index contributed by atoms with van der Waals surface area (Å²) < 4.78 is 1.50. The van der Waals surface area contributed by atoms with Crippen molar-refractivity contribution in [2.75, 3.05) is 5.88 Å². The highest BCUT2D eigenvalue weighted by Crippen LogP contribution is 2.26. The lowest BCUT2D eigenvalue weighted by atomic mass is 10.0. The van der Waals surface area contributed by atoms with E-state index >= 15 is 0 Å². The summed E-state index contributed by atoms with van der Waals surface area (Å²) in [6.45, 7) is 2.51. The van der Waals surface area contributed by atoms with Crippen molar-refractivity contribution in [2.24, 2.45) is 0 Å². The normalized spacial score (nSPS) is 11.1. The number of fused-ring (bicyclic) bond motifs is 1. The van der Waals surface area contributed by atoms with Crippen LogP contribution in [0.25, 0.3) is 22.0 Å². The third-order valence-electron chi connectivity index (χ3n) is 3.74. The minimum absolute atomic E-state index is 0.0807. The van der Waals surface area contributed by atoms with Crippen molar-refractivity contribution in [3.05, 3.63) is 63.4 Å². The maximum absolute atomic E-state index is 12.6. The van der Waals surface area contributed by atoms with Crippen LogP contribution in [0.2, 0.25) is 5.02 Å². The van der Waals surface area contributed by atoms with Gasteiger partial charge in [0.05, 0.1) is 11.1 Å². The number of aryl methyl sites for hydroxylation is 2. The lowest BCUT2D eigenvalue weighted by molar-refractivity contribution is 0.578. The molecule has 2 aromatic carbocycles. The molecule has 0 saturated heterocycles. The Hall–Kier alpha value is -1.84. The second-order valence-electron chi connectivity index (χ2n) is 5.48. The van der Waals surface area contributed by atoms with Crippen LogP contribution < -0.4 is 5.56 Å². The Morgan fingerprint density at radius 1 is 1.09 bits per heavy atom. The fraction of sp³-hybridized carbons (Fsp3) is 0.222. The molecular formula is C18H16Cl2N2O. The van der Waals surface area contributed by atoms with Crippen LogP contribution >= 0.6 is 23.2 Å². The topological polar surface area (TPSA) is 34.9 Å². The number of hydrogen-bond donors (Lipinski definition) is 0. The first-order chi connectivity index (χ1) is 11.1. The minimum Gasteiger partial charge on any atom is -0.267 e. The average Bonchev–Trinajstić information content (AvgIpc) is 2.55. The highest BCUT2D eigenvalue weighted by molar-refractivity contribution is 6.30. The third-order valence-corrected chi connectivity index (χ3v) is 4.26. The molecule has 0 fully saturated rings. The molecule has 0 N–H and O–H groups in total. The molecule has 1 aromatic heterocycles. The second kappa shape index (κ2) is 6.73. The van der Waals surface area contributed by atoms with Crippen molar-refractivity contribution in [3.63, 3.8) is 0 Å². The largest absolute Gasteiger partial charge is 0.274 e.